The summed E-state index contributed by atoms with van der Waals surface area (Å²) < 4.78 is 14.5. The second kappa shape index (κ2) is 9.22. The van der Waals surface area contributed by atoms with Crippen LogP contribution in [0.1, 0.15) is 12.5 Å². The number of carbonyl (C=O) groups excluding carboxylic acids is 1. The van der Waals surface area contributed by atoms with Crippen LogP contribution in [0.3, 0.4) is 0 Å². The molecule has 1 amide bonds. The second-order valence-electron chi connectivity index (χ2n) is 7.89. The Hall–Kier alpha value is -3.79. The Kier molecular flexibility index (Phi) is 5.97. The molecule has 0 saturated carbocycles. The minimum Gasteiger partial charge on any atom is -0.454 e. The highest BCUT2D eigenvalue weighted by Gasteiger charge is 2.21. The molecule has 0 aliphatic carbocycles. The number of ether oxygens (including phenoxy) is 2. The standard InChI is InChI=1S/C24H24N6O3S/c1-4-30-23(18-12-29(3)28-22(18)16-7-5-15(2)6-8-16)26-27-24(30)34-13-21(31)25-17-9-10-19-20(11-17)33-14-32-19/h5-12H,4,13-14H2,1-3H3,(H,25,31). The van der Waals surface area contributed by atoms with Gasteiger partial charge in [0, 0.05) is 37.1 Å². The van der Waals surface area contributed by atoms with E-state index < -0.39 is 0 Å². The minimum absolute atomic E-state index is 0.141. The number of fused-ring (bicyclic) bond motifs is 1. The summed E-state index contributed by atoms with van der Waals surface area (Å²) in [6.45, 7) is 4.95. The van der Waals surface area contributed by atoms with E-state index in [0.717, 1.165) is 22.6 Å². The third-order valence-electron chi connectivity index (χ3n) is 5.42. The summed E-state index contributed by atoms with van der Waals surface area (Å²) in [5, 5.41) is 17.1. The van der Waals surface area contributed by atoms with Crippen molar-refractivity contribution in [3.63, 3.8) is 0 Å². The van der Waals surface area contributed by atoms with Crippen LogP contribution in [0.2, 0.25) is 0 Å². The van der Waals surface area contributed by atoms with Crippen molar-refractivity contribution in [3.05, 3.63) is 54.2 Å². The molecule has 0 atom stereocenters. The predicted octanol–water partition coefficient (Wildman–Crippen LogP) is 4.13. The average Bonchev–Trinajstić information content (AvgIpc) is 3.55. The molecule has 2 aromatic carbocycles. The maximum Gasteiger partial charge on any atom is 0.234 e. The Labute approximate surface area is 201 Å². The Bertz CT molecular complexity index is 1350. The maximum absolute atomic E-state index is 12.6. The second-order valence-corrected chi connectivity index (χ2v) is 8.83. The SMILES string of the molecule is CCn1c(SCC(=O)Nc2ccc3c(c2)OCO3)nnc1-c1cn(C)nc1-c1ccc(C)cc1. The van der Waals surface area contributed by atoms with E-state index in [1.54, 1.807) is 22.9 Å². The summed E-state index contributed by atoms with van der Waals surface area (Å²) >= 11 is 1.34. The summed E-state index contributed by atoms with van der Waals surface area (Å²) in [6.07, 6.45) is 1.95. The third-order valence-corrected chi connectivity index (χ3v) is 6.38. The molecular weight excluding hydrogens is 452 g/mol. The molecule has 9 nitrogen and oxygen atoms in total. The molecule has 1 aliphatic rings. The van der Waals surface area contributed by atoms with Crippen LogP contribution in [-0.4, -0.2) is 43.0 Å². The van der Waals surface area contributed by atoms with E-state index in [-0.39, 0.29) is 18.5 Å². The highest BCUT2D eigenvalue weighted by Crippen LogP contribution is 2.35. The first-order valence-corrected chi connectivity index (χ1v) is 11.9. The Morgan fingerprint density at radius 3 is 2.71 bits per heavy atom. The van der Waals surface area contributed by atoms with Crippen molar-refractivity contribution in [1.82, 2.24) is 24.5 Å². The molecule has 174 valence electrons. The zero-order valence-corrected chi connectivity index (χ0v) is 19.9. The zero-order chi connectivity index (χ0) is 23.7. The van der Waals surface area contributed by atoms with Crippen molar-refractivity contribution in [2.75, 3.05) is 17.9 Å². The summed E-state index contributed by atoms with van der Waals surface area (Å²) in [5.74, 6) is 2.09. The highest BCUT2D eigenvalue weighted by molar-refractivity contribution is 7.99. The number of rotatable bonds is 7. The van der Waals surface area contributed by atoms with Crippen molar-refractivity contribution < 1.29 is 14.3 Å². The molecule has 0 fully saturated rings. The molecule has 34 heavy (non-hydrogen) atoms. The lowest BCUT2D eigenvalue weighted by molar-refractivity contribution is -0.113. The van der Waals surface area contributed by atoms with Gasteiger partial charge in [-0.15, -0.1) is 10.2 Å². The first-order chi connectivity index (χ1) is 16.5. The molecule has 0 spiro atoms. The number of amides is 1. The van der Waals surface area contributed by atoms with Gasteiger partial charge in [0.05, 0.1) is 11.3 Å². The first kappa shape index (κ1) is 22.0. The van der Waals surface area contributed by atoms with Gasteiger partial charge in [-0.1, -0.05) is 41.6 Å². The van der Waals surface area contributed by atoms with Crippen LogP contribution in [0.15, 0.2) is 53.8 Å². The predicted molar refractivity (Wildman–Crippen MR) is 130 cm³/mol. The molecule has 10 heteroatoms. The van der Waals surface area contributed by atoms with Crippen LogP contribution in [0.4, 0.5) is 5.69 Å². The summed E-state index contributed by atoms with van der Waals surface area (Å²) in [4.78, 5) is 12.6. The number of nitrogens with one attached hydrogen (secondary N) is 1. The van der Waals surface area contributed by atoms with E-state index in [1.807, 2.05) is 24.7 Å². The Morgan fingerprint density at radius 2 is 1.91 bits per heavy atom. The lowest BCUT2D eigenvalue weighted by atomic mass is 10.1. The molecular formula is C24H24N6O3S. The van der Waals surface area contributed by atoms with Gasteiger partial charge in [0.2, 0.25) is 12.7 Å². The van der Waals surface area contributed by atoms with E-state index >= 15 is 0 Å². The molecule has 0 unspecified atom stereocenters. The number of thioether (sulfide) groups is 1. The molecule has 3 heterocycles. The number of hydrogen-bond acceptors (Lipinski definition) is 7. The van der Waals surface area contributed by atoms with E-state index in [9.17, 15) is 4.79 Å². The van der Waals surface area contributed by atoms with Crippen LogP contribution in [-0.2, 0) is 18.4 Å². The highest BCUT2D eigenvalue weighted by atomic mass is 32.2. The molecule has 1 N–H and O–H groups in total. The van der Waals surface area contributed by atoms with Crippen LogP contribution in [0.25, 0.3) is 22.6 Å². The average molecular weight is 477 g/mol. The van der Waals surface area contributed by atoms with Gasteiger partial charge in [-0.25, -0.2) is 0 Å². The van der Waals surface area contributed by atoms with Gasteiger partial charge >= 0.3 is 0 Å². The topological polar surface area (TPSA) is 96.1 Å². The first-order valence-electron chi connectivity index (χ1n) is 10.9. The number of aryl methyl sites for hydroxylation is 2. The van der Waals surface area contributed by atoms with E-state index in [0.29, 0.717) is 28.9 Å². The molecule has 0 radical (unpaired) electrons. The fourth-order valence-electron chi connectivity index (χ4n) is 3.76. The van der Waals surface area contributed by atoms with Gasteiger partial charge in [0.25, 0.3) is 0 Å². The maximum atomic E-state index is 12.6. The van der Waals surface area contributed by atoms with Crippen molar-refractivity contribution in [2.24, 2.45) is 7.05 Å². The van der Waals surface area contributed by atoms with Crippen molar-refractivity contribution in [2.45, 2.75) is 25.5 Å². The van der Waals surface area contributed by atoms with Gasteiger partial charge in [0.1, 0.15) is 5.69 Å². The summed E-state index contributed by atoms with van der Waals surface area (Å²) in [5.41, 5.74) is 4.62. The van der Waals surface area contributed by atoms with Gasteiger partial charge in [-0.05, 0) is 26.0 Å². The molecule has 4 aromatic rings. The minimum atomic E-state index is -0.141. The lowest BCUT2D eigenvalue weighted by Crippen LogP contribution is -2.14. The summed E-state index contributed by atoms with van der Waals surface area (Å²) in [6, 6.07) is 13.6. The Balaban J connectivity index is 1.33. The molecule has 0 bridgehead atoms. The monoisotopic (exact) mass is 476 g/mol. The zero-order valence-electron chi connectivity index (χ0n) is 19.1. The van der Waals surface area contributed by atoms with E-state index in [1.165, 1.54) is 17.3 Å². The van der Waals surface area contributed by atoms with Gasteiger partial charge in [0.15, 0.2) is 22.5 Å². The molecule has 1 aliphatic heterocycles. The van der Waals surface area contributed by atoms with Crippen LogP contribution >= 0.6 is 11.8 Å². The summed E-state index contributed by atoms with van der Waals surface area (Å²) in [7, 11) is 1.89. The number of aromatic nitrogens is 5. The number of benzene rings is 2. The smallest absolute Gasteiger partial charge is 0.234 e. The lowest BCUT2D eigenvalue weighted by Gasteiger charge is -2.08. The van der Waals surface area contributed by atoms with Gasteiger partial charge < -0.3 is 19.4 Å². The van der Waals surface area contributed by atoms with Gasteiger partial charge in [-0.3, -0.25) is 9.48 Å². The van der Waals surface area contributed by atoms with Gasteiger partial charge in [-0.2, -0.15) is 5.10 Å². The molecule has 2 aromatic heterocycles. The number of anilines is 1. The fourth-order valence-corrected chi connectivity index (χ4v) is 4.56. The fraction of sp³-hybridized carbons (Fsp3) is 0.250. The quantitative estimate of drug-likeness (QED) is 0.401. The molecule has 0 saturated heterocycles. The largest absolute Gasteiger partial charge is 0.454 e. The number of carbonyl (C=O) groups is 1. The van der Waals surface area contributed by atoms with Crippen molar-refractivity contribution in [3.8, 4) is 34.1 Å². The van der Waals surface area contributed by atoms with E-state index in [2.05, 4.69) is 51.8 Å². The van der Waals surface area contributed by atoms with Crippen LogP contribution in [0.5, 0.6) is 11.5 Å². The number of hydrogen-bond donors (Lipinski definition) is 1. The van der Waals surface area contributed by atoms with E-state index in [4.69, 9.17) is 9.47 Å². The van der Waals surface area contributed by atoms with Crippen LogP contribution in [0, 0.1) is 6.92 Å². The molecule has 5 rings (SSSR count). The van der Waals surface area contributed by atoms with Crippen molar-refractivity contribution >= 4 is 23.4 Å². The Morgan fingerprint density at radius 1 is 1.12 bits per heavy atom. The van der Waals surface area contributed by atoms with Crippen LogP contribution < -0.4 is 14.8 Å². The number of nitrogens with zero attached hydrogens (tertiary/aromatic N) is 5. The van der Waals surface area contributed by atoms with Crippen molar-refractivity contribution in [1.29, 1.82) is 0 Å². The normalized spacial score (nSPS) is 12.2. The third kappa shape index (κ3) is 4.36.